The SMILES string of the molecule is O=c1c2c3nc4ccccc4nc3n(-c3ccc(Cl)cc3)c2ncn1C[C@H]1CCCO1. The highest BCUT2D eigenvalue weighted by molar-refractivity contribution is 6.30. The van der Waals surface area contributed by atoms with Gasteiger partial charge in [-0.25, -0.2) is 15.0 Å². The first-order valence-corrected chi connectivity index (χ1v) is 10.6. The van der Waals surface area contributed by atoms with E-state index in [-0.39, 0.29) is 11.7 Å². The molecule has 5 aromatic rings. The molecule has 8 heteroatoms. The second kappa shape index (κ2) is 7.14. The predicted octanol–water partition coefficient (Wildman–Crippen LogP) is 4.12. The van der Waals surface area contributed by atoms with Crippen LogP contribution in [0.2, 0.25) is 5.02 Å². The Labute approximate surface area is 181 Å². The third-order valence-electron chi connectivity index (χ3n) is 5.74. The van der Waals surface area contributed by atoms with Crippen LogP contribution < -0.4 is 5.56 Å². The molecule has 0 spiro atoms. The number of fused-ring (bicyclic) bond motifs is 4. The van der Waals surface area contributed by atoms with Crippen molar-refractivity contribution in [2.45, 2.75) is 25.5 Å². The van der Waals surface area contributed by atoms with E-state index in [1.165, 1.54) is 0 Å². The van der Waals surface area contributed by atoms with Gasteiger partial charge in [0.05, 0.1) is 23.7 Å². The van der Waals surface area contributed by atoms with Gasteiger partial charge in [-0.15, -0.1) is 0 Å². The van der Waals surface area contributed by atoms with Crippen LogP contribution >= 0.6 is 11.6 Å². The fraction of sp³-hybridized carbons (Fsp3) is 0.217. The van der Waals surface area contributed by atoms with Gasteiger partial charge in [0.1, 0.15) is 17.2 Å². The van der Waals surface area contributed by atoms with E-state index in [0.717, 1.165) is 36.2 Å². The molecule has 0 aliphatic carbocycles. The molecule has 0 saturated carbocycles. The summed E-state index contributed by atoms with van der Waals surface area (Å²) in [6, 6.07) is 15.0. The average Bonchev–Trinajstić information content (AvgIpc) is 3.41. The molecule has 2 aromatic carbocycles. The molecule has 154 valence electrons. The molecule has 1 saturated heterocycles. The second-order valence-electron chi connectivity index (χ2n) is 7.73. The van der Waals surface area contributed by atoms with E-state index in [1.54, 1.807) is 10.9 Å². The lowest BCUT2D eigenvalue weighted by molar-refractivity contribution is 0.0960. The van der Waals surface area contributed by atoms with E-state index < -0.39 is 0 Å². The van der Waals surface area contributed by atoms with Crippen molar-refractivity contribution >= 4 is 44.8 Å². The van der Waals surface area contributed by atoms with E-state index in [0.29, 0.717) is 33.8 Å². The number of benzene rings is 2. The molecule has 0 unspecified atom stereocenters. The van der Waals surface area contributed by atoms with Gasteiger partial charge in [-0.1, -0.05) is 23.7 Å². The van der Waals surface area contributed by atoms with Crippen molar-refractivity contribution in [1.29, 1.82) is 0 Å². The number of halogens is 1. The zero-order valence-electron chi connectivity index (χ0n) is 16.5. The molecule has 0 bridgehead atoms. The molecule has 0 radical (unpaired) electrons. The van der Waals surface area contributed by atoms with Crippen LogP contribution in [-0.2, 0) is 11.3 Å². The molecule has 1 aliphatic rings. The minimum Gasteiger partial charge on any atom is -0.376 e. The predicted molar refractivity (Wildman–Crippen MR) is 120 cm³/mol. The first kappa shape index (κ1) is 18.5. The van der Waals surface area contributed by atoms with Crippen molar-refractivity contribution in [2.24, 2.45) is 0 Å². The number of nitrogens with zero attached hydrogens (tertiary/aromatic N) is 5. The number of para-hydroxylation sites is 2. The fourth-order valence-electron chi connectivity index (χ4n) is 4.24. The highest BCUT2D eigenvalue weighted by Crippen LogP contribution is 2.28. The molecule has 6 rings (SSSR count). The average molecular weight is 432 g/mol. The maximum absolute atomic E-state index is 13.5. The van der Waals surface area contributed by atoms with E-state index in [9.17, 15) is 4.79 Å². The monoisotopic (exact) mass is 431 g/mol. The molecule has 1 fully saturated rings. The van der Waals surface area contributed by atoms with Crippen LogP contribution in [-0.4, -0.2) is 36.8 Å². The largest absolute Gasteiger partial charge is 0.376 e. The Morgan fingerprint density at radius 3 is 2.55 bits per heavy atom. The summed E-state index contributed by atoms with van der Waals surface area (Å²) >= 11 is 6.10. The van der Waals surface area contributed by atoms with Gasteiger partial charge in [-0.3, -0.25) is 13.9 Å². The highest BCUT2D eigenvalue weighted by Gasteiger charge is 2.22. The molecule has 1 aliphatic heterocycles. The number of rotatable bonds is 3. The summed E-state index contributed by atoms with van der Waals surface area (Å²) in [4.78, 5) is 27.8. The van der Waals surface area contributed by atoms with E-state index >= 15 is 0 Å². The lowest BCUT2D eigenvalue weighted by Gasteiger charge is -2.11. The minimum atomic E-state index is -0.136. The van der Waals surface area contributed by atoms with Crippen molar-refractivity contribution in [3.63, 3.8) is 0 Å². The number of hydrogen-bond acceptors (Lipinski definition) is 5. The van der Waals surface area contributed by atoms with Crippen LogP contribution in [0, 0.1) is 0 Å². The molecule has 0 N–H and O–H groups in total. The summed E-state index contributed by atoms with van der Waals surface area (Å²) in [5, 5.41) is 1.09. The Bertz CT molecular complexity index is 1500. The number of ether oxygens (including phenoxy) is 1. The molecule has 0 amide bonds. The van der Waals surface area contributed by atoms with Crippen LogP contribution in [0.3, 0.4) is 0 Å². The van der Waals surface area contributed by atoms with Gasteiger partial charge in [0, 0.05) is 17.3 Å². The standard InChI is InChI=1S/C23H18ClN5O2/c24-14-7-9-15(10-8-14)29-21-19(20-22(29)27-18-6-2-1-5-17(18)26-20)23(30)28(13-25-21)12-16-4-3-11-31-16/h1-2,5-10,13,16H,3-4,11-12H2/t16-/m1/s1. The van der Waals surface area contributed by atoms with Crippen LogP contribution in [0.5, 0.6) is 0 Å². The maximum atomic E-state index is 13.5. The van der Waals surface area contributed by atoms with Gasteiger partial charge >= 0.3 is 0 Å². The summed E-state index contributed by atoms with van der Waals surface area (Å²) in [6.45, 7) is 1.22. The zero-order chi connectivity index (χ0) is 20.9. The van der Waals surface area contributed by atoms with Crippen molar-refractivity contribution in [1.82, 2.24) is 24.1 Å². The highest BCUT2D eigenvalue weighted by atomic mass is 35.5. The first-order chi connectivity index (χ1) is 15.2. The number of aromatic nitrogens is 5. The van der Waals surface area contributed by atoms with Crippen LogP contribution in [0.25, 0.3) is 38.9 Å². The van der Waals surface area contributed by atoms with Gasteiger partial charge < -0.3 is 4.74 Å². The Balaban J connectivity index is 1.68. The summed E-state index contributed by atoms with van der Waals surface area (Å²) in [5.74, 6) is 0. The third kappa shape index (κ3) is 3.00. The molecule has 1 atom stereocenters. The summed E-state index contributed by atoms with van der Waals surface area (Å²) in [6.07, 6.45) is 3.59. The van der Waals surface area contributed by atoms with Crippen LogP contribution in [0.15, 0.2) is 59.7 Å². The lowest BCUT2D eigenvalue weighted by atomic mass is 10.2. The van der Waals surface area contributed by atoms with E-state index in [2.05, 4.69) is 4.98 Å². The normalized spacial score (nSPS) is 16.6. The molecule has 31 heavy (non-hydrogen) atoms. The van der Waals surface area contributed by atoms with Gasteiger partial charge in [0.15, 0.2) is 11.3 Å². The van der Waals surface area contributed by atoms with E-state index in [1.807, 2.05) is 53.1 Å². The quantitative estimate of drug-likeness (QED) is 0.429. The molecular formula is C23H18ClN5O2. The van der Waals surface area contributed by atoms with Gasteiger partial charge in [0.2, 0.25) is 0 Å². The third-order valence-corrected chi connectivity index (χ3v) is 5.99. The van der Waals surface area contributed by atoms with Crippen LogP contribution in [0.1, 0.15) is 12.8 Å². The Kier molecular flexibility index (Phi) is 4.26. The molecule has 7 nitrogen and oxygen atoms in total. The summed E-state index contributed by atoms with van der Waals surface area (Å²) in [5.41, 5.74) is 3.84. The van der Waals surface area contributed by atoms with Crippen molar-refractivity contribution < 1.29 is 4.74 Å². The second-order valence-corrected chi connectivity index (χ2v) is 8.17. The Hall–Kier alpha value is -3.29. The Morgan fingerprint density at radius 2 is 1.81 bits per heavy atom. The number of hydrogen-bond donors (Lipinski definition) is 0. The fourth-order valence-corrected chi connectivity index (χ4v) is 4.37. The van der Waals surface area contributed by atoms with Gasteiger partial charge in [-0.05, 0) is 49.2 Å². The lowest BCUT2D eigenvalue weighted by Crippen LogP contribution is -2.26. The topological polar surface area (TPSA) is 74.8 Å². The molecule has 4 heterocycles. The van der Waals surface area contributed by atoms with Crippen molar-refractivity contribution in [3.8, 4) is 5.69 Å². The first-order valence-electron chi connectivity index (χ1n) is 10.2. The Morgan fingerprint density at radius 1 is 1.03 bits per heavy atom. The maximum Gasteiger partial charge on any atom is 0.265 e. The minimum absolute atomic E-state index is 0.0356. The summed E-state index contributed by atoms with van der Waals surface area (Å²) < 4.78 is 9.22. The van der Waals surface area contributed by atoms with Gasteiger partial charge in [-0.2, -0.15) is 0 Å². The van der Waals surface area contributed by atoms with Crippen molar-refractivity contribution in [3.05, 3.63) is 70.2 Å². The summed E-state index contributed by atoms with van der Waals surface area (Å²) in [7, 11) is 0. The van der Waals surface area contributed by atoms with Crippen LogP contribution in [0.4, 0.5) is 0 Å². The molecule has 3 aromatic heterocycles. The van der Waals surface area contributed by atoms with Crippen molar-refractivity contribution in [2.75, 3.05) is 6.61 Å². The van der Waals surface area contributed by atoms with Gasteiger partial charge in [0.25, 0.3) is 5.56 Å². The molecular weight excluding hydrogens is 414 g/mol. The smallest absolute Gasteiger partial charge is 0.265 e. The zero-order valence-corrected chi connectivity index (χ0v) is 17.3. The van der Waals surface area contributed by atoms with E-state index in [4.69, 9.17) is 26.3 Å².